The number of benzene rings is 1. The lowest BCUT2D eigenvalue weighted by molar-refractivity contribution is 0.897. The molecule has 1 aromatic carbocycles. The number of hydrogen-bond donors (Lipinski definition) is 0. The van der Waals surface area contributed by atoms with Crippen molar-refractivity contribution in [1.82, 2.24) is 9.55 Å². The molecule has 0 bridgehead atoms. The van der Waals surface area contributed by atoms with Crippen LogP contribution in [0.4, 0.5) is 0 Å². The third kappa shape index (κ3) is 1.86. The van der Waals surface area contributed by atoms with Crippen molar-refractivity contribution in [2.24, 2.45) is 0 Å². The Kier molecular flexibility index (Phi) is 2.93. The second kappa shape index (κ2) is 4.19. The van der Waals surface area contributed by atoms with Gasteiger partial charge in [-0.25, -0.2) is 4.98 Å². The van der Waals surface area contributed by atoms with Crippen LogP contribution in [-0.4, -0.2) is 15.8 Å². The van der Waals surface area contributed by atoms with Gasteiger partial charge in [0.15, 0.2) is 5.16 Å². The van der Waals surface area contributed by atoms with Crippen molar-refractivity contribution in [3.63, 3.8) is 0 Å². The van der Waals surface area contributed by atoms with Crippen molar-refractivity contribution in [3.8, 4) is 5.69 Å². The van der Waals surface area contributed by atoms with Crippen molar-refractivity contribution < 1.29 is 0 Å². The first-order chi connectivity index (χ1) is 6.81. The summed E-state index contributed by atoms with van der Waals surface area (Å²) in [6, 6.07) is 8.16. The highest BCUT2D eigenvalue weighted by molar-refractivity contribution is 9.10. The molecule has 0 fully saturated rings. The molecule has 0 radical (unpaired) electrons. The van der Waals surface area contributed by atoms with Crippen molar-refractivity contribution >= 4 is 27.7 Å². The van der Waals surface area contributed by atoms with E-state index >= 15 is 0 Å². The van der Waals surface area contributed by atoms with E-state index in [1.165, 1.54) is 0 Å². The van der Waals surface area contributed by atoms with E-state index in [0.29, 0.717) is 0 Å². The number of aromatic nitrogens is 2. The van der Waals surface area contributed by atoms with E-state index in [1.807, 2.05) is 30.8 Å². The summed E-state index contributed by atoms with van der Waals surface area (Å²) < 4.78 is 3.14. The number of imidazole rings is 1. The van der Waals surface area contributed by atoms with Gasteiger partial charge < -0.3 is 0 Å². The first-order valence-corrected chi connectivity index (χ1v) is 6.16. The molecule has 2 nitrogen and oxygen atoms in total. The predicted molar refractivity (Wildman–Crippen MR) is 63.0 cm³/mol. The maximum absolute atomic E-state index is 4.25. The molecule has 0 aliphatic carbocycles. The SMILES string of the molecule is CSc1nccn1-c1cccc(Br)c1. The number of rotatable bonds is 2. The third-order valence-corrected chi connectivity index (χ3v) is 3.04. The largest absolute Gasteiger partial charge is 0.295 e. The van der Waals surface area contributed by atoms with E-state index in [-0.39, 0.29) is 0 Å². The molecular formula is C10H9BrN2S. The van der Waals surface area contributed by atoms with Crippen molar-refractivity contribution in [3.05, 3.63) is 41.1 Å². The van der Waals surface area contributed by atoms with Gasteiger partial charge in [0.25, 0.3) is 0 Å². The number of halogens is 1. The number of thioether (sulfide) groups is 1. The third-order valence-electron chi connectivity index (χ3n) is 1.88. The lowest BCUT2D eigenvalue weighted by atomic mass is 10.3. The van der Waals surface area contributed by atoms with Crippen LogP contribution in [0.3, 0.4) is 0 Å². The van der Waals surface area contributed by atoms with Crippen LogP contribution in [0.2, 0.25) is 0 Å². The lowest BCUT2D eigenvalue weighted by Gasteiger charge is -2.05. The molecule has 0 amide bonds. The average molecular weight is 269 g/mol. The Labute approximate surface area is 95.5 Å². The highest BCUT2D eigenvalue weighted by Crippen LogP contribution is 2.20. The molecule has 72 valence electrons. The van der Waals surface area contributed by atoms with E-state index in [2.05, 4.69) is 37.6 Å². The van der Waals surface area contributed by atoms with Gasteiger partial charge in [0.05, 0.1) is 0 Å². The lowest BCUT2D eigenvalue weighted by Crippen LogP contribution is -1.93. The molecule has 0 spiro atoms. The Hall–Kier alpha value is -0.740. The van der Waals surface area contributed by atoms with Crippen molar-refractivity contribution in [1.29, 1.82) is 0 Å². The summed E-state index contributed by atoms with van der Waals surface area (Å²) in [7, 11) is 0. The Morgan fingerprint density at radius 2 is 2.29 bits per heavy atom. The molecule has 0 saturated carbocycles. The first kappa shape index (κ1) is 9.80. The summed E-state index contributed by atoms with van der Waals surface area (Å²) in [6.45, 7) is 0. The van der Waals surface area contributed by atoms with Gasteiger partial charge in [-0.05, 0) is 24.5 Å². The van der Waals surface area contributed by atoms with Crippen LogP contribution >= 0.6 is 27.7 Å². The van der Waals surface area contributed by atoms with Crippen molar-refractivity contribution in [2.45, 2.75) is 5.16 Å². The van der Waals surface area contributed by atoms with Gasteiger partial charge in [-0.3, -0.25) is 4.57 Å². The van der Waals surface area contributed by atoms with Crippen LogP contribution < -0.4 is 0 Å². The molecule has 4 heteroatoms. The molecule has 1 aromatic heterocycles. The van der Waals surface area contributed by atoms with Crippen LogP contribution in [0.1, 0.15) is 0 Å². The predicted octanol–water partition coefficient (Wildman–Crippen LogP) is 3.36. The minimum Gasteiger partial charge on any atom is -0.295 e. The zero-order valence-corrected chi connectivity index (χ0v) is 10.0. The zero-order valence-electron chi connectivity index (χ0n) is 7.64. The van der Waals surface area contributed by atoms with Gasteiger partial charge in [0.2, 0.25) is 0 Å². The standard InChI is InChI=1S/C10H9BrN2S/c1-14-10-12-5-6-13(10)9-4-2-3-8(11)7-9/h2-7H,1H3. The summed E-state index contributed by atoms with van der Waals surface area (Å²) >= 11 is 5.09. The van der Waals surface area contributed by atoms with E-state index in [4.69, 9.17) is 0 Å². The highest BCUT2D eigenvalue weighted by atomic mass is 79.9. The maximum Gasteiger partial charge on any atom is 0.172 e. The summed E-state index contributed by atoms with van der Waals surface area (Å²) in [5.41, 5.74) is 1.13. The monoisotopic (exact) mass is 268 g/mol. The Bertz CT molecular complexity index is 439. The van der Waals surface area contributed by atoms with Gasteiger partial charge in [0.1, 0.15) is 0 Å². The number of hydrogen-bond acceptors (Lipinski definition) is 2. The molecule has 1 heterocycles. The molecule has 2 aromatic rings. The van der Waals surface area contributed by atoms with Crippen molar-refractivity contribution in [2.75, 3.05) is 6.26 Å². The molecule has 0 aliphatic rings. The highest BCUT2D eigenvalue weighted by Gasteiger charge is 2.02. The zero-order chi connectivity index (χ0) is 9.97. The topological polar surface area (TPSA) is 17.8 Å². The van der Waals surface area contributed by atoms with Gasteiger partial charge in [-0.2, -0.15) is 0 Å². The summed E-state index contributed by atoms with van der Waals surface area (Å²) in [5.74, 6) is 0. The van der Waals surface area contributed by atoms with Crippen LogP contribution in [0.5, 0.6) is 0 Å². The molecule has 14 heavy (non-hydrogen) atoms. The van der Waals surface area contributed by atoms with E-state index < -0.39 is 0 Å². The molecule has 0 aliphatic heterocycles. The molecule has 2 rings (SSSR count). The molecule has 0 saturated heterocycles. The molecular weight excluding hydrogens is 260 g/mol. The first-order valence-electron chi connectivity index (χ1n) is 4.14. The maximum atomic E-state index is 4.25. The van der Waals surface area contributed by atoms with E-state index in [0.717, 1.165) is 15.3 Å². The minimum atomic E-state index is 1.00. The minimum absolute atomic E-state index is 1.00. The van der Waals surface area contributed by atoms with E-state index in [9.17, 15) is 0 Å². The van der Waals surface area contributed by atoms with Gasteiger partial charge in [0, 0.05) is 22.6 Å². The fourth-order valence-corrected chi connectivity index (χ4v) is 2.18. The smallest absolute Gasteiger partial charge is 0.172 e. The Morgan fingerprint density at radius 3 is 3.00 bits per heavy atom. The Balaban J connectivity index is 2.49. The van der Waals surface area contributed by atoms with Crippen LogP contribution in [0, 0.1) is 0 Å². The Morgan fingerprint density at radius 1 is 1.43 bits per heavy atom. The molecule has 0 atom stereocenters. The summed E-state index contributed by atoms with van der Waals surface area (Å²) in [5, 5.41) is 1.00. The van der Waals surface area contributed by atoms with Gasteiger partial charge in [-0.1, -0.05) is 33.8 Å². The normalized spacial score (nSPS) is 10.4. The fourth-order valence-electron chi connectivity index (χ4n) is 1.26. The van der Waals surface area contributed by atoms with E-state index in [1.54, 1.807) is 11.8 Å². The van der Waals surface area contributed by atoms with Crippen LogP contribution in [-0.2, 0) is 0 Å². The average Bonchev–Trinajstić information content (AvgIpc) is 2.65. The molecule has 0 N–H and O–H groups in total. The summed E-state index contributed by atoms with van der Waals surface area (Å²) in [6.07, 6.45) is 5.80. The second-order valence-corrected chi connectivity index (χ2v) is 4.45. The van der Waals surface area contributed by atoms with Crippen LogP contribution in [0.15, 0.2) is 46.3 Å². The molecule has 0 unspecified atom stereocenters. The van der Waals surface area contributed by atoms with Gasteiger partial charge in [-0.15, -0.1) is 0 Å². The fraction of sp³-hybridized carbons (Fsp3) is 0.100. The van der Waals surface area contributed by atoms with Gasteiger partial charge >= 0.3 is 0 Å². The second-order valence-electron chi connectivity index (χ2n) is 2.76. The quantitative estimate of drug-likeness (QED) is 0.778. The summed E-state index contributed by atoms with van der Waals surface area (Å²) in [4.78, 5) is 4.25. The van der Waals surface area contributed by atoms with Crippen LogP contribution in [0.25, 0.3) is 5.69 Å². The number of nitrogens with zero attached hydrogens (tertiary/aromatic N) is 2.